The molecule has 0 unspecified atom stereocenters. The minimum absolute atomic E-state index is 0. The van der Waals surface area contributed by atoms with Crippen molar-refractivity contribution in [3.63, 3.8) is 0 Å². The molecule has 0 aliphatic carbocycles. The second-order valence-corrected chi connectivity index (χ2v) is 7.38. The topological polar surface area (TPSA) is 0 Å². The number of fused-ring (bicyclic) bond motifs is 2. The third kappa shape index (κ3) is 12.5. The Hall–Kier alpha value is -0.660. The monoisotopic (exact) mass is 562 g/mol. The zero-order valence-corrected chi connectivity index (χ0v) is 25.8. The molecular weight excluding hydrogens is 527 g/mol. The van der Waals surface area contributed by atoms with Crippen LogP contribution in [0.5, 0.6) is 0 Å². The Morgan fingerprint density at radius 1 is 0.625 bits per heavy atom. The van der Waals surface area contributed by atoms with Crippen molar-refractivity contribution in [2.24, 2.45) is 0 Å². The molecule has 0 spiro atoms. The molecule has 32 heavy (non-hydrogen) atoms. The van der Waals surface area contributed by atoms with Crippen LogP contribution in [0.15, 0.2) is 60.7 Å². The van der Waals surface area contributed by atoms with Crippen molar-refractivity contribution in [3.05, 3.63) is 95.8 Å². The minimum atomic E-state index is 0. The summed E-state index contributed by atoms with van der Waals surface area (Å²) in [5.41, 5.74) is 5.45. The van der Waals surface area contributed by atoms with Crippen molar-refractivity contribution < 1.29 is 23.3 Å². The molecule has 0 atom stereocenters. The van der Waals surface area contributed by atoms with Gasteiger partial charge in [-0.15, -0.1) is 93.9 Å². The van der Waals surface area contributed by atoms with Crippen LogP contribution in [0, 0.1) is 40.5 Å². The molecule has 4 aromatic carbocycles. The van der Waals surface area contributed by atoms with Gasteiger partial charge in [0.1, 0.15) is 0 Å². The van der Waals surface area contributed by atoms with Gasteiger partial charge in [0, 0.05) is 0 Å². The standard InChI is InChI=1S/2C11H11.2C3H7.2ClH.Si.Zr/c2*1-8-6-10-5-3-4-9(2)11(10)7-8;2*1-3-2;;;;/h2*3-7H,1-2H3;2*3H,1-2H3;2*1H;;/q4*-1;;;;. The van der Waals surface area contributed by atoms with Crippen LogP contribution in [0.4, 0.5) is 0 Å². The summed E-state index contributed by atoms with van der Waals surface area (Å²) < 4.78 is 0. The summed E-state index contributed by atoms with van der Waals surface area (Å²) in [6.45, 7) is 19.6. The second-order valence-electron chi connectivity index (χ2n) is 7.38. The van der Waals surface area contributed by atoms with E-state index in [-0.39, 0.29) is 24.8 Å². The first-order valence-electron chi connectivity index (χ1n) is 10.4. The van der Waals surface area contributed by atoms with Gasteiger partial charge in [0.25, 0.3) is 0 Å². The fraction of sp³-hybridized carbons (Fsp3) is 0.286. The van der Waals surface area contributed by atoms with E-state index in [1.807, 2.05) is 40.5 Å². The van der Waals surface area contributed by atoms with E-state index in [1.165, 1.54) is 67.1 Å². The van der Waals surface area contributed by atoms with Gasteiger partial charge in [0.15, 0.2) is 0 Å². The van der Waals surface area contributed by atoms with E-state index in [2.05, 4.69) is 95.2 Å². The molecule has 176 valence electrons. The number of benzene rings is 2. The van der Waals surface area contributed by atoms with E-state index >= 15 is 0 Å². The molecule has 4 rings (SSSR count). The fourth-order valence-electron chi connectivity index (χ4n) is 3.08. The van der Waals surface area contributed by atoms with Crippen LogP contribution in [0.2, 0.25) is 0 Å². The first-order chi connectivity index (χ1) is 14.4. The fourth-order valence-corrected chi connectivity index (χ4v) is 3.08. The average Bonchev–Trinajstić information content (AvgIpc) is 3.28. The Labute approximate surface area is 226 Å². The molecule has 0 saturated heterocycles. The number of halogens is 2. The molecule has 0 aliphatic rings. The van der Waals surface area contributed by atoms with Crippen molar-refractivity contribution in [3.8, 4) is 0 Å². The Morgan fingerprint density at radius 3 is 1.16 bits per heavy atom. The predicted molar refractivity (Wildman–Crippen MR) is 150 cm³/mol. The van der Waals surface area contributed by atoms with Crippen LogP contribution < -0.4 is 0 Å². The van der Waals surface area contributed by atoms with Gasteiger partial charge in [-0.05, 0) is 13.8 Å². The summed E-state index contributed by atoms with van der Waals surface area (Å²) in [5.74, 6) is 0. The molecule has 0 saturated carbocycles. The molecule has 0 N–H and O–H groups in total. The van der Waals surface area contributed by atoms with Crippen molar-refractivity contribution >= 4 is 53.2 Å². The van der Waals surface area contributed by atoms with Crippen LogP contribution in [-0.4, -0.2) is 6.88 Å². The van der Waals surface area contributed by atoms with Crippen molar-refractivity contribution in [1.29, 1.82) is 0 Å². The average molecular weight is 565 g/mol. The zero-order chi connectivity index (χ0) is 23.1. The molecule has 0 heterocycles. The molecule has 4 heteroatoms. The molecule has 0 aromatic heterocycles. The van der Waals surface area contributed by atoms with Gasteiger partial charge in [-0.2, -0.15) is 39.8 Å². The maximum absolute atomic E-state index is 3.06. The molecule has 0 aliphatic heterocycles. The van der Waals surface area contributed by atoms with E-state index in [0.717, 1.165) is 0 Å². The first kappa shape index (κ1) is 35.9. The summed E-state index contributed by atoms with van der Waals surface area (Å²) in [4.78, 5) is 0. The molecular formula is C28H38Cl2SiZr-4. The quantitative estimate of drug-likeness (QED) is 0.147. The molecule has 0 nitrogen and oxygen atoms in total. The van der Waals surface area contributed by atoms with Crippen LogP contribution in [0.25, 0.3) is 21.5 Å². The van der Waals surface area contributed by atoms with E-state index in [4.69, 9.17) is 0 Å². The summed E-state index contributed by atoms with van der Waals surface area (Å²) in [5, 5.41) is 5.51. The number of aryl methyl sites for hydroxylation is 4. The zero-order valence-electron chi connectivity index (χ0n) is 20.7. The van der Waals surface area contributed by atoms with Gasteiger partial charge in [-0.25, -0.2) is 0 Å². The van der Waals surface area contributed by atoms with E-state index in [0.29, 0.717) is 0 Å². The molecule has 0 fully saturated rings. The van der Waals surface area contributed by atoms with Gasteiger partial charge in [0.05, 0.1) is 0 Å². The van der Waals surface area contributed by atoms with Gasteiger partial charge in [-0.3, -0.25) is 0 Å². The molecule has 2 radical (unpaired) electrons. The SMILES string of the molecule is C[CH-]C.C[CH-]C.Cc1cc2c(C)cccc2[cH-]1.Cc1cc2c(C)cccc2[cH-]1.Cl.Cl.[Si]=[Zr]. The Kier molecular flexibility index (Phi) is 23.5. The third-order valence-corrected chi connectivity index (χ3v) is 4.23. The predicted octanol–water partition coefficient (Wildman–Crippen LogP) is 9.27. The Morgan fingerprint density at radius 2 is 0.906 bits per heavy atom. The van der Waals surface area contributed by atoms with Crippen molar-refractivity contribution in [2.45, 2.75) is 55.4 Å². The van der Waals surface area contributed by atoms with Crippen molar-refractivity contribution in [2.75, 3.05) is 0 Å². The summed E-state index contributed by atoms with van der Waals surface area (Å²) in [6.07, 6.45) is 4.00. The van der Waals surface area contributed by atoms with Gasteiger partial charge in [0.2, 0.25) is 0 Å². The van der Waals surface area contributed by atoms with Crippen molar-refractivity contribution in [1.82, 2.24) is 0 Å². The Bertz CT molecular complexity index is 906. The van der Waals surface area contributed by atoms with Gasteiger partial charge < -0.3 is 12.8 Å². The summed E-state index contributed by atoms with van der Waals surface area (Å²) in [7, 11) is 0. The van der Waals surface area contributed by atoms with Gasteiger partial charge >= 0.3 is 30.2 Å². The van der Waals surface area contributed by atoms with E-state index in [1.54, 1.807) is 0 Å². The van der Waals surface area contributed by atoms with Crippen LogP contribution in [0.1, 0.15) is 49.9 Å². The second kappa shape index (κ2) is 20.9. The first-order valence-corrected chi connectivity index (χ1v) is 14.5. The molecule has 4 aromatic rings. The van der Waals surface area contributed by atoms with E-state index < -0.39 is 0 Å². The molecule has 0 bridgehead atoms. The summed E-state index contributed by atoms with van der Waals surface area (Å²) in [6, 6.07) is 21.8. The molecule has 0 amide bonds. The van der Waals surface area contributed by atoms with Gasteiger partial charge in [-0.1, -0.05) is 37.1 Å². The number of hydrogen-bond donors (Lipinski definition) is 0. The number of hydrogen-bond acceptors (Lipinski definition) is 0. The van der Waals surface area contributed by atoms with Crippen LogP contribution in [0.3, 0.4) is 0 Å². The van der Waals surface area contributed by atoms with Crippen LogP contribution >= 0.6 is 24.8 Å². The third-order valence-electron chi connectivity index (χ3n) is 4.23. The number of rotatable bonds is 0. The Balaban J connectivity index is -0.000000381. The maximum atomic E-state index is 3.06. The van der Waals surface area contributed by atoms with E-state index in [9.17, 15) is 0 Å². The normalized spacial score (nSPS) is 8.59. The van der Waals surface area contributed by atoms with Crippen LogP contribution in [-0.2, 0) is 23.3 Å². The summed E-state index contributed by atoms with van der Waals surface area (Å²) >= 11 is 1.36.